The zero-order valence-corrected chi connectivity index (χ0v) is 69.0. The van der Waals surface area contributed by atoms with E-state index in [9.17, 15) is 0 Å². The largest absolute Gasteiger partial charge is 0.0649 e. The molecule has 3 spiro atoms. The predicted molar refractivity (Wildman–Crippen MR) is 422 cm³/mol. The first kappa shape index (κ1) is 78.6. The van der Waals surface area contributed by atoms with Crippen molar-refractivity contribution in [2.75, 3.05) is 0 Å². The summed E-state index contributed by atoms with van der Waals surface area (Å²) in [6, 6.07) is 0. The van der Waals surface area contributed by atoms with E-state index in [1.54, 1.807) is 128 Å². The molecule has 1 unspecified atom stereocenters. The van der Waals surface area contributed by atoms with Crippen molar-refractivity contribution >= 4 is 0 Å². The minimum atomic E-state index is 0.500. The van der Waals surface area contributed by atoms with Gasteiger partial charge >= 0.3 is 0 Å². The van der Waals surface area contributed by atoms with Gasteiger partial charge in [-0.3, -0.25) is 0 Å². The highest BCUT2D eigenvalue weighted by atomic mass is 14.6. The van der Waals surface area contributed by atoms with E-state index in [1.165, 1.54) is 199 Å². The van der Waals surface area contributed by atoms with E-state index in [-0.39, 0.29) is 0 Å². The van der Waals surface area contributed by atoms with Gasteiger partial charge < -0.3 is 0 Å². The first-order chi connectivity index (χ1) is 45.3. The molecule has 0 heterocycles. The van der Waals surface area contributed by atoms with Gasteiger partial charge in [-0.15, -0.1) is 0 Å². The van der Waals surface area contributed by atoms with Crippen LogP contribution in [0.15, 0.2) is 0 Å². The van der Waals surface area contributed by atoms with Gasteiger partial charge in [-0.05, 0) is 406 Å². The average molecular weight is 1330 g/mol. The molecule has 23 rings (SSSR count). The molecule has 23 aliphatic carbocycles. The summed E-state index contributed by atoms with van der Waals surface area (Å²) >= 11 is 0. The second kappa shape index (κ2) is 33.2. The number of hydrogen-bond donors (Lipinski definition) is 0. The third kappa shape index (κ3) is 21.2. The van der Waals surface area contributed by atoms with E-state index in [1.807, 2.05) is 0 Å². The Kier molecular flexibility index (Phi) is 27.2. The van der Waals surface area contributed by atoms with Crippen LogP contribution < -0.4 is 0 Å². The first-order valence-electron chi connectivity index (χ1n) is 45.3. The fraction of sp³-hybridized carbons (Fsp3) is 1.00. The number of hydrogen-bond acceptors (Lipinski definition) is 0. The van der Waals surface area contributed by atoms with Gasteiger partial charge in [0, 0.05) is 0 Å². The van der Waals surface area contributed by atoms with Crippen LogP contribution in [0.3, 0.4) is 0 Å². The zero-order valence-electron chi connectivity index (χ0n) is 69.0. The number of fused-ring (bicyclic) bond motifs is 9. The Labute approximate surface area is 603 Å². The maximum Gasteiger partial charge on any atom is -0.0292 e. The number of rotatable bonds is 1. The molecule has 0 saturated heterocycles. The monoisotopic (exact) mass is 1330 g/mol. The summed E-state index contributed by atoms with van der Waals surface area (Å²) in [7, 11) is 0. The lowest BCUT2D eigenvalue weighted by atomic mass is 9.49. The molecule has 4 atom stereocenters. The summed E-state index contributed by atoms with van der Waals surface area (Å²) in [5, 5.41) is 0. The van der Waals surface area contributed by atoms with Crippen LogP contribution >= 0.6 is 0 Å². The normalized spacial score (nSPS) is 43.8. The third-order valence-corrected chi connectivity index (χ3v) is 35.5. The van der Waals surface area contributed by atoms with Crippen LogP contribution in [0.1, 0.15) is 452 Å². The van der Waals surface area contributed by atoms with Gasteiger partial charge in [0.1, 0.15) is 0 Å². The molecule has 23 fully saturated rings. The van der Waals surface area contributed by atoms with E-state index >= 15 is 0 Å². The Morgan fingerprint density at radius 2 is 0.635 bits per heavy atom. The van der Waals surface area contributed by atoms with Crippen LogP contribution in [0.25, 0.3) is 0 Å². The van der Waals surface area contributed by atoms with Crippen LogP contribution in [0.4, 0.5) is 0 Å². The molecule has 23 saturated carbocycles. The fourth-order valence-electron chi connectivity index (χ4n) is 28.0. The van der Waals surface area contributed by atoms with Gasteiger partial charge in [0.25, 0.3) is 0 Å². The Bertz CT molecular complexity index is 2120. The van der Waals surface area contributed by atoms with E-state index in [0.29, 0.717) is 16.2 Å². The molecule has 14 bridgehead atoms. The van der Waals surface area contributed by atoms with Crippen LogP contribution in [0, 0.1) is 155 Å². The Morgan fingerprint density at radius 1 is 0.312 bits per heavy atom. The molecule has 0 nitrogen and oxygen atoms in total. The molecule has 558 valence electrons. The molecule has 0 N–H and O–H groups in total. The molecule has 0 aromatic carbocycles. The van der Waals surface area contributed by atoms with E-state index in [4.69, 9.17) is 0 Å². The van der Waals surface area contributed by atoms with E-state index in [0.717, 1.165) is 139 Å². The maximum absolute atomic E-state index is 2.54. The fourth-order valence-corrected chi connectivity index (χ4v) is 28.0. The Balaban J connectivity index is 0.000000118. The Hall–Kier alpha value is 0. The molecule has 0 aromatic heterocycles. The van der Waals surface area contributed by atoms with Crippen LogP contribution in [0.2, 0.25) is 0 Å². The minimum Gasteiger partial charge on any atom is -0.0649 e. The second-order valence-electron chi connectivity index (χ2n) is 45.8. The van der Waals surface area contributed by atoms with Gasteiger partial charge in [-0.25, -0.2) is 0 Å². The molecule has 0 aromatic rings. The molecular formula is C96H174. The minimum absolute atomic E-state index is 0.500. The third-order valence-electron chi connectivity index (χ3n) is 35.5. The molecule has 0 heteroatoms. The standard InChI is InChI=1S/C14H26.C12H20.C12H22.C11H18.2C11H20.2C10H18.C5H12/c1-12-4-6-14(7-5-12)10-8-13(2,3)9-11-14;1-2-12-6-9-3-10(7-12)5-11(4-9)8-12;1-11-5-9-12(10-6-11)7-3-2-4-8-12;1-11-5-8-2-9(6-11)4-10(3-8)7-11;1-8-9-4-6-10(7-5-9)11(8,2)3;1-10-4-8-11(9-5-10)6-2-3-7-11;1-8-7-9-3-5-10(8,2)6-4-9;1-7-8(2)10-5-3-9(7)4-6-10;1-5(2,3)4/h12H,4-11H2,1-3H3;9-11H,2-8H2,1H3;11H,2-10H2,1H3;8-10H,2-7H2,1H3;8-10H,4-7H2,1-3H3;10H,2-9H2,1H3;8-9H,3-7H2,1-2H3;7-10H,3-6H2,1-2H3;1-4H3/t;;;;8-,9?,10?;;8-,9?,10?;7-,8?,9?,10?;/m....1.00./s1. The Morgan fingerprint density at radius 3 is 0.906 bits per heavy atom. The lowest BCUT2D eigenvalue weighted by Gasteiger charge is -2.56. The lowest BCUT2D eigenvalue weighted by Crippen LogP contribution is -2.45. The van der Waals surface area contributed by atoms with Gasteiger partial charge in [0.15, 0.2) is 0 Å². The van der Waals surface area contributed by atoms with Gasteiger partial charge in [-0.2, -0.15) is 0 Å². The summed E-state index contributed by atoms with van der Waals surface area (Å²) in [6.07, 6.45) is 78.5. The first-order valence-corrected chi connectivity index (χ1v) is 45.3. The lowest BCUT2D eigenvalue weighted by molar-refractivity contribution is -0.0545. The average Bonchev–Trinajstić information content (AvgIpc) is 0.850. The summed E-state index contributed by atoms with van der Waals surface area (Å²) < 4.78 is 0. The van der Waals surface area contributed by atoms with Crippen LogP contribution in [-0.4, -0.2) is 0 Å². The molecule has 0 aliphatic heterocycles. The summed E-state index contributed by atoms with van der Waals surface area (Å²) in [5.41, 5.74) is 6.67. The molecule has 0 radical (unpaired) electrons. The smallest absolute Gasteiger partial charge is 0.0292 e. The van der Waals surface area contributed by atoms with Crippen molar-refractivity contribution in [1.82, 2.24) is 0 Å². The van der Waals surface area contributed by atoms with Crippen molar-refractivity contribution in [2.45, 2.75) is 452 Å². The van der Waals surface area contributed by atoms with E-state index < -0.39 is 0 Å². The van der Waals surface area contributed by atoms with Crippen LogP contribution in [0.5, 0.6) is 0 Å². The molecule has 96 heavy (non-hydrogen) atoms. The van der Waals surface area contributed by atoms with Crippen molar-refractivity contribution in [3.8, 4) is 0 Å². The van der Waals surface area contributed by atoms with Crippen LogP contribution in [-0.2, 0) is 0 Å². The SMILES string of the molecule is CC(C)(C)C.CC12CC3CC(CC(C3)C1)C2.CC1C2CCC(CC2)[C@H]1C.CC1CCC2(CC1)CCC(C)(C)CC2.CC1CCC2(CCCC2)CC1.CC1CCC2(CCCCC2)CC1.CCC12CC3CC(CC(C3)C1)C2.C[C@@H]1C2CCC(CC2)C1(C)C.C[C@H]1CC2CCC1(C)CC2. The quantitative estimate of drug-likeness (QED) is 0.245. The molecule has 0 amide bonds. The highest BCUT2D eigenvalue weighted by Gasteiger charge is 2.52. The summed E-state index contributed by atoms with van der Waals surface area (Å²) in [4.78, 5) is 0. The molecular weight excluding hydrogens is 1150 g/mol. The predicted octanol–water partition coefficient (Wildman–Crippen LogP) is 31.3. The van der Waals surface area contributed by atoms with Gasteiger partial charge in [-0.1, -0.05) is 202 Å². The topological polar surface area (TPSA) is 0 Å². The zero-order chi connectivity index (χ0) is 69.0. The van der Waals surface area contributed by atoms with Gasteiger partial charge in [0.05, 0.1) is 0 Å². The summed E-state index contributed by atoms with van der Waals surface area (Å²) in [5.74, 6) is 19.4. The van der Waals surface area contributed by atoms with Crippen molar-refractivity contribution in [3.05, 3.63) is 0 Å². The van der Waals surface area contributed by atoms with Crippen molar-refractivity contribution < 1.29 is 0 Å². The van der Waals surface area contributed by atoms with Crippen molar-refractivity contribution in [1.29, 1.82) is 0 Å². The maximum atomic E-state index is 2.54. The molecule has 23 aliphatic rings. The van der Waals surface area contributed by atoms with Gasteiger partial charge in [0.2, 0.25) is 0 Å². The van der Waals surface area contributed by atoms with E-state index in [2.05, 4.69) is 125 Å². The summed E-state index contributed by atoms with van der Waals surface area (Å²) in [6.45, 7) is 43.2. The van der Waals surface area contributed by atoms with Crippen molar-refractivity contribution in [3.63, 3.8) is 0 Å². The second-order valence-corrected chi connectivity index (χ2v) is 45.8. The highest BCUT2D eigenvalue weighted by molar-refractivity contribution is 5.03. The highest BCUT2D eigenvalue weighted by Crippen LogP contribution is 2.63. The van der Waals surface area contributed by atoms with Crippen molar-refractivity contribution in [2.24, 2.45) is 155 Å².